The maximum Gasteiger partial charge on any atom is 0.267 e. The summed E-state index contributed by atoms with van der Waals surface area (Å²) in [5.41, 5.74) is 8.46. The Hall–Kier alpha value is -3.56. The van der Waals surface area contributed by atoms with Crippen LogP contribution in [0.5, 0.6) is 0 Å². The third-order valence-electron chi connectivity index (χ3n) is 4.14. The summed E-state index contributed by atoms with van der Waals surface area (Å²) in [5, 5.41) is 16.6. The molecule has 0 aliphatic rings. The van der Waals surface area contributed by atoms with Crippen LogP contribution in [0.4, 0.5) is 0 Å². The maximum atomic E-state index is 11.6. The molecule has 26 heavy (non-hydrogen) atoms. The van der Waals surface area contributed by atoms with E-state index in [0.717, 1.165) is 22.3 Å². The number of hydrogen-bond acceptors (Lipinski definition) is 6. The molecule has 0 radical (unpaired) electrons. The van der Waals surface area contributed by atoms with Crippen molar-refractivity contribution in [2.24, 2.45) is 12.8 Å². The monoisotopic (exact) mass is 351 g/mol. The van der Waals surface area contributed by atoms with E-state index >= 15 is 0 Å². The van der Waals surface area contributed by atoms with Crippen LogP contribution < -0.4 is 5.73 Å². The summed E-state index contributed by atoms with van der Waals surface area (Å²) in [5.74, 6) is 0.321. The number of nitrogens with two attached hydrogens (primary N) is 1. The van der Waals surface area contributed by atoms with E-state index in [4.69, 9.17) is 5.73 Å². The summed E-state index contributed by atoms with van der Waals surface area (Å²) in [4.78, 5) is 20.6. The number of pyridine rings is 1. The standard InChI is InChI=1S/C16H17N9O/c1-4-25-12(5-8(2)23-25)15-20-16(22-21-15)13-9-7-18-24(3)11(9)6-10(19-13)14(17)26/h5-7H,4H2,1-3H3,(H2,17,26)(H,20,21,22). The van der Waals surface area contributed by atoms with Gasteiger partial charge in [0.05, 0.1) is 17.4 Å². The van der Waals surface area contributed by atoms with Crippen molar-refractivity contribution in [2.75, 3.05) is 0 Å². The first-order valence-electron chi connectivity index (χ1n) is 8.08. The molecule has 0 atom stereocenters. The summed E-state index contributed by atoms with van der Waals surface area (Å²) in [7, 11) is 1.78. The lowest BCUT2D eigenvalue weighted by Crippen LogP contribution is -2.13. The third-order valence-corrected chi connectivity index (χ3v) is 4.14. The van der Waals surface area contributed by atoms with Gasteiger partial charge in [-0.15, -0.1) is 0 Å². The van der Waals surface area contributed by atoms with Crippen molar-refractivity contribution in [1.29, 1.82) is 0 Å². The Balaban J connectivity index is 1.89. The Morgan fingerprint density at radius 2 is 2.12 bits per heavy atom. The number of primary amides is 1. The van der Waals surface area contributed by atoms with Crippen LogP contribution in [0.3, 0.4) is 0 Å². The summed E-state index contributed by atoms with van der Waals surface area (Å²) in [6, 6.07) is 3.53. The first-order valence-corrected chi connectivity index (χ1v) is 8.08. The molecule has 4 aromatic rings. The van der Waals surface area contributed by atoms with Gasteiger partial charge in [0.15, 0.2) is 11.6 Å². The van der Waals surface area contributed by atoms with Crippen LogP contribution in [0.1, 0.15) is 23.1 Å². The number of carbonyl (C=O) groups excluding carboxylic acids is 1. The molecule has 4 heterocycles. The van der Waals surface area contributed by atoms with Crippen LogP contribution in [-0.2, 0) is 13.6 Å². The number of aromatic amines is 1. The highest BCUT2D eigenvalue weighted by Gasteiger charge is 2.19. The van der Waals surface area contributed by atoms with Crippen LogP contribution in [0.15, 0.2) is 18.3 Å². The molecule has 3 N–H and O–H groups in total. The molecular weight excluding hydrogens is 334 g/mol. The van der Waals surface area contributed by atoms with Crippen LogP contribution in [0, 0.1) is 6.92 Å². The minimum Gasteiger partial charge on any atom is -0.364 e. The Kier molecular flexibility index (Phi) is 3.53. The van der Waals surface area contributed by atoms with Gasteiger partial charge in [-0.2, -0.15) is 15.3 Å². The van der Waals surface area contributed by atoms with Crippen LogP contribution in [0.2, 0.25) is 0 Å². The number of fused-ring (bicyclic) bond motifs is 1. The van der Waals surface area contributed by atoms with Crippen LogP contribution >= 0.6 is 0 Å². The van der Waals surface area contributed by atoms with E-state index in [2.05, 4.69) is 30.4 Å². The number of H-pyrrole nitrogens is 1. The van der Waals surface area contributed by atoms with Crippen molar-refractivity contribution >= 4 is 16.8 Å². The van der Waals surface area contributed by atoms with Gasteiger partial charge in [-0.25, -0.2) is 9.97 Å². The lowest BCUT2D eigenvalue weighted by atomic mass is 10.2. The van der Waals surface area contributed by atoms with E-state index in [0.29, 0.717) is 23.9 Å². The number of nitrogens with zero attached hydrogens (tertiary/aromatic N) is 7. The molecule has 1 amide bonds. The topological polar surface area (TPSA) is 133 Å². The van der Waals surface area contributed by atoms with Gasteiger partial charge in [0, 0.05) is 19.0 Å². The number of amides is 1. The van der Waals surface area contributed by atoms with Gasteiger partial charge in [0.1, 0.15) is 17.1 Å². The average molecular weight is 351 g/mol. The van der Waals surface area contributed by atoms with Crippen LogP contribution in [-0.4, -0.2) is 45.6 Å². The second kappa shape index (κ2) is 5.76. The first kappa shape index (κ1) is 15.9. The number of aryl methyl sites for hydroxylation is 3. The normalized spacial score (nSPS) is 11.3. The molecular formula is C16H17N9O. The predicted molar refractivity (Wildman–Crippen MR) is 94.0 cm³/mol. The number of hydrogen-bond donors (Lipinski definition) is 2. The average Bonchev–Trinajstić information content (AvgIpc) is 3.32. The molecule has 10 heteroatoms. The molecule has 0 aromatic carbocycles. The van der Waals surface area contributed by atoms with Crippen molar-refractivity contribution < 1.29 is 4.79 Å². The number of aromatic nitrogens is 8. The lowest BCUT2D eigenvalue weighted by Gasteiger charge is -2.03. The molecule has 0 spiro atoms. The van der Waals surface area contributed by atoms with Crippen molar-refractivity contribution in [3.63, 3.8) is 0 Å². The van der Waals surface area contributed by atoms with E-state index in [1.54, 1.807) is 24.0 Å². The molecule has 0 aliphatic carbocycles. The number of nitrogens with one attached hydrogen (secondary N) is 1. The minimum absolute atomic E-state index is 0.142. The van der Waals surface area contributed by atoms with E-state index < -0.39 is 5.91 Å². The predicted octanol–water partition coefficient (Wildman–Crippen LogP) is 1.04. The zero-order chi connectivity index (χ0) is 18.4. The molecule has 10 nitrogen and oxygen atoms in total. The third kappa shape index (κ3) is 2.42. The SMILES string of the molecule is CCn1nc(C)cc1-c1n[nH]c(-c2nc(C(N)=O)cc3c2cnn3C)n1. The highest BCUT2D eigenvalue weighted by atomic mass is 16.1. The molecule has 0 saturated carbocycles. The molecule has 0 saturated heterocycles. The van der Waals surface area contributed by atoms with Gasteiger partial charge in [0.25, 0.3) is 5.91 Å². The van der Waals surface area contributed by atoms with E-state index in [-0.39, 0.29) is 5.69 Å². The smallest absolute Gasteiger partial charge is 0.267 e. The Bertz CT molecular complexity index is 1130. The lowest BCUT2D eigenvalue weighted by molar-refractivity contribution is 0.0996. The zero-order valence-corrected chi connectivity index (χ0v) is 14.6. The fourth-order valence-corrected chi connectivity index (χ4v) is 2.90. The molecule has 4 aromatic heterocycles. The van der Waals surface area contributed by atoms with Gasteiger partial charge < -0.3 is 5.73 Å². The van der Waals surface area contributed by atoms with Gasteiger partial charge in [0.2, 0.25) is 0 Å². The summed E-state index contributed by atoms with van der Waals surface area (Å²) in [6.45, 7) is 4.62. The molecule has 4 rings (SSSR count). The quantitative estimate of drug-likeness (QED) is 0.564. The van der Waals surface area contributed by atoms with E-state index in [1.807, 2.05) is 24.6 Å². The summed E-state index contributed by atoms with van der Waals surface area (Å²) in [6.07, 6.45) is 1.67. The largest absolute Gasteiger partial charge is 0.364 e. The van der Waals surface area contributed by atoms with Crippen LogP contribution in [0.25, 0.3) is 33.9 Å². The fourth-order valence-electron chi connectivity index (χ4n) is 2.90. The summed E-state index contributed by atoms with van der Waals surface area (Å²) < 4.78 is 3.48. The number of rotatable bonds is 4. The van der Waals surface area contributed by atoms with Gasteiger partial charge in [-0.05, 0) is 26.0 Å². The molecule has 0 fully saturated rings. The molecule has 0 bridgehead atoms. The first-order chi connectivity index (χ1) is 12.5. The molecule has 0 unspecified atom stereocenters. The van der Waals surface area contributed by atoms with Crippen molar-refractivity contribution in [2.45, 2.75) is 20.4 Å². The van der Waals surface area contributed by atoms with E-state index in [9.17, 15) is 4.79 Å². The molecule has 132 valence electrons. The second-order valence-corrected chi connectivity index (χ2v) is 5.92. The molecule has 0 aliphatic heterocycles. The Morgan fingerprint density at radius 3 is 2.85 bits per heavy atom. The van der Waals surface area contributed by atoms with Gasteiger partial charge >= 0.3 is 0 Å². The highest BCUT2D eigenvalue weighted by molar-refractivity contribution is 5.98. The Labute approximate surface area is 148 Å². The fraction of sp³-hybridized carbons (Fsp3) is 0.250. The van der Waals surface area contributed by atoms with Gasteiger partial charge in [-0.3, -0.25) is 19.3 Å². The van der Waals surface area contributed by atoms with Crippen molar-refractivity contribution in [1.82, 2.24) is 39.7 Å². The second-order valence-electron chi connectivity index (χ2n) is 5.92. The Morgan fingerprint density at radius 1 is 1.31 bits per heavy atom. The van der Waals surface area contributed by atoms with Crippen molar-refractivity contribution in [3.05, 3.63) is 29.7 Å². The number of carbonyl (C=O) groups is 1. The summed E-state index contributed by atoms with van der Waals surface area (Å²) >= 11 is 0. The maximum absolute atomic E-state index is 11.6. The highest BCUT2D eigenvalue weighted by Crippen LogP contribution is 2.26. The zero-order valence-electron chi connectivity index (χ0n) is 14.6. The van der Waals surface area contributed by atoms with Gasteiger partial charge in [-0.1, -0.05) is 0 Å². The minimum atomic E-state index is -0.617. The van der Waals surface area contributed by atoms with E-state index in [1.165, 1.54) is 0 Å². The van der Waals surface area contributed by atoms with Crippen molar-refractivity contribution in [3.8, 4) is 23.0 Å².